The van der Waals surface area contributed by atoms with Crippen LogP contribution in [0.3, 0.4) is 0 Å². The first-order valence-electron chi connectivity index (χ1n) is 9.84. The van der Waals surface area contributed by atoms with Crippen molar-refractivity contribution in [3.8, 4) is 0 Å². The third kappa shape index (κ3) is 4.86. The van der Waals surface area contributed by atoms with Crippen molar-refractivity contribution < 1.29 is 4.79 Å². The van der Waals surface area contributed by atoms with Crippen LogP contribution < -0.4 is 10.6 Å². The van der Waals surface area contributed by atoms with Crippen molar-refractivity contribution in [2.75, 3.05) is 6.54 Å². The minimum Gasteiger partial charge on any atom is -0.352 e. The van der Waals surface area contributed by atoms with Crippen molar-refractivity contribution in [3.63, 3.8) is 0 Å². The number of fused-ring (bicyclic) bond motifs is 1. The first kappa shape index (κ1) is 18.4. The van der Waals surface area contributed by atoms with Gasteiger partial charge in [-0.1, -0.05) is 30.3 Å². The summed E-state index contributed by atoms with van der Waals surface area (Å²) in [5.41, 5.74) is 4.40. The van der Waals surface area contributed by atoms with Gasteiger partial charge in [0.2, 0.25) is 5.91 Å². The molecule has 28 heavy (non-hydrogen) atoms. The Balaban J connectivity index is 1.23. The maximum absolute atomic E-state index is 12.2. The third-order valence-electron chi connectivity index (χ3n) is 4.92. The van der Waals surface area contributed by atoms with Gasteiger partial charge < -0.3 is 10.6 Å². The smallest absolute Gasteiger partial charge is 0.220 e. The second kappa shape index (κ2) is 8.84. The van der Waals surface area contributed by atoms with Crippen molar-refractivity contribution in [3.05, 3.63) is 71.3 Å². The Morgan fingerprint density at radius 2 is 2.11 bits per heavy atom. The van der Waals surface area contributed by atoms with Gasteiger partial charge in [0, 0.05) is 44.2 Å². The Bertz CT molecular complexity index is 891. The van der Waals surface area contributed by atoms with Gasteiger partial charge >= 0.3 is 0 Å². The summed E-state index contributed by atoms with van der Waals surface area (Å²) < 4.78 is 3.96. The molecule has 0 unspecified atom stereocenters. The van der Waals surface area contributed by atoms with E-state index in [1.807, 2.05) is 35.3 Å². The minimum absolute atomic E-state index is 0.0390. The SMILES string of the molecule is O=C(CCc1cc2n(n1)CCCNC2)NCc1cnn(Cc2ccccc2)c1. The molecular formula is C21H26N6O. The summed E-state index contributed by atoms with van der Waals surface area (Å²) in [5, 5.41) is 15.4. The predicted octanol–water partition coefficient (Wildman–Crippen LogP) is 1.87. The predicted molar refractivity (Wildman–Crippen MR) is 106 cm³/mol. The lowest BCUT2D eigenvalue weighted by Crippen LogP contribution is -2.22. The van der Waals surface area contributed by atoms with E-state index >= 15 is 0 Å². The topological polar surface area (TPSA) is 76.8 Å². The molecule has 1 aliphatic heterocycles. The largest absolute Gasteiger partial charge is 0.352 e. The highest BCUT2D eigenvalue weighted by molar-refractivity contribution is 5.76. The normalized spacial score (nSPS) is 13.7. The number of carbonyl (C=O) groups is 1. The number of hydrogen-bond acceptors (Lipinski definition) is 4. The molecule has 7 heteroatoms. The highest BCUT2D eigenvalue weighted by atomic mass is 16.1. The van der Waals surface area contributed by atoms with E-state index in [-0.39, 0.29) is 5.91 Å². The van der Waals surface area contributed by atoms with Crippen LogP contribution in [0.15, 0.2) is 48.8 Å². The average Bonchev–Trinajstić information content (AvgIpc) is 3.26. The molecule has 0 fully saturated rings. The molecule has 3 heterocycles. The molecule has 146 valence electrons. The first-order valence-corrected chi connectivity index (χ1v) is 9.84. The van der Waals surface area contributed by atoms with Crippen molar-refractivity contribution in [1.29, 1.82) is 0 Å². The lowest BCUT2D eigenvalue weighted by atomic mass is 10.2. The number of hydrogen-bond donors (Lipinski definition) is 2. The molecule has 2 aromatic heterocycles. The van der Waals surface area contributed by atoms with Crippen molar-refractivity contribution in [2.45, 2.75) is 45.4 Å². The number of aromatic nitrogens is 4. The summed E-state index contributed by atoms with van der Waals surface area (Å²) in [6.45, 7) is 4.06. The van der Waals surface area contributed by atoms with Crippen LogP contribution in [0.25, 0.3) is 0 Å². The first-order chi connectivity index (χ1) is 13.8. The van der Waals surface area contributed by atoms with Crippen LogP contribution in [-0.2, 0) is 37.4 Å². The highest BCUT2D eigenvalue weighted by Gasteiger charge is 2.12. The van der Waals surface area contributed by atoms with E-state index in [1.54, 1.807) is 0 Å². The molecule has 7 nitrogen and oxygen atoms in total. The van der Waals surface area contributed by atoms with Crippen LogP contribution in [-0.4, -0.2) is 32.0 Å². The van der Waals surface area contributed by atoms with Crippen LogP contribution in [0.5, 0.6) is 0 Å². The number of rotatable bonds is 7. The molecule has 0 bridgehead atoms. The Hall–Kier alpha value is -2.93. The maximum Gasteiger partial charge on any atom is 0.220 e. The standard InChI is InChI=1S/C21H26N6O/c28-21(8-7-19-11-20-14-22-9-4-10-27(20)25-19)23-12-18-13-24-26(16-18)15-17-5-2-1-3-6-17/h1-3,5-6,11,13,16,22H,4,7-10,12,14-15H2,(H,23,28). The van der Waals surface area contributed by atoms with E-state index < -0.39 is 0 Å². The molecular weight excluding hydrogens is 352 g/mol. The molecule has 2 N–H and O–H groups in total. The summed E-state index contributed by atoms with van der Waals surface area (Å²) >= 11 is 0. The summed E-state index contributed by atoms with van der Waals surface area (Å²) in [5.74, 6) is 0.0390. The fraction of sp³-hybridized carbons (Fsp3) is 0.381. The Morgan fingerprint density at radius 3 is 3.00 bits per heavy atom. The number of amides is 1. The van der Waals surface area contributed by atoms with E-state index in [1.165, 1.54) is 11.3 Å². The molecule has 1 aliphatic rings. The van der Waals surface area contributed by atoms with Gasteiger partial charge in [-0.25, -0.2) is 0 Å². The van der Waals surface area contributed by atoms with Gasteiger partial charge in [0.25, 0.3) is 0 Å². The molecule has 0 saturated heterocycles. The van der Waals surface area contributed by atoms with E-state index in [4.69, 9.17) is 0 Å². The quantitative estimate of drug-likeness (QED) is 0.658. The van der Waals surface area contributed by atoms with Crippen LogP contribution in [0.2, 0.25) is 0 Å². The molecule has 0 radical (unpaired) electrons. The molecule has 3 aromatic rings. The lowest BCUT2D eigenvalue weighted by molar-refractivity contribution is -0.121. The molecule has 1 aromatic carbocycles. The maximum atomic E-state index is 12.2. The van der Waals surface area contributed by atoms with E-state index in [9.17, 15) is 4.79 Å². The monoisotopic (exact) mass is 378 g/mol. The van der Waals surface area contributed by atoms with Gasteiger partial charge in [-0.3, -0.25) is 14.2 Å². The lowest BCUT2D eigenvalue weighted by Gasteiger charge is -2.03. The Kier molecular flexibility index (Phi) is 5.82. The van der Waals surface area contributed by atoms with Crippen LogP contribution in [0.4, 0.5) is 0 Å². The van der Waals surface area contributed by atoms with E-state index in [0.29, 0.717) is 19.4 Å². The van der Waals surface area contributed by atoms with Gasteiger partial charge in [-0.05, 0) is 24.6 Å². The second-order valence-corrected chi connectivity index (χ2v) is 7.19. The van der Waals surface area contributed by atoms with Gasteiger partial charge in [-0.2, -0.15) is 10.2 Å². The van der Waals surface area contributed by atoms with Gasteiger partial charge in [-0.15, -0.1) is 0 Å². The molecule has 0 atom stereocenters. The molecule has 4 rings (SSSR count). The van der Waals surface area contributed by atoms with E-state index in [0.717, 1.165) is 43.9 Å². The molecule has 0 spiro atoms. The number of carbonyl (C=O) groups excluding carboxylic acids is 1. The van der Waals surface area contributed by atoms with Gasteiger partial charge in [0.05, 0.1) is 24.1 Å². The average molecular weight is 378 g/mol. The zero-order valence-electron chi connectivity index (χ0n) is 16.0. The van der Waals surface area contributed by atoms with Gasteiger partial charge in [0.1, 0.15) is 0 Å². The number of nitrogens with one attached hydrogen (secondary N) is 2. The Morgan fingerprint density at radius 1 is 1.21 bits per heavy atom. The summed E-state index contributed by atoms with van der Waals surface area (Å²) in [6.07, 6.45) is 5.99. The van der Waals surface area contributed by atoms with Gasteiger partial charge in [0.15, 0.2) is 0 Å². The highest BCUT2D eigenvalue weighted by Crippen LogP contribution is 2.10. The minimum atomic E-state index is 0.0390. The molecule has 1 amide bonds. The number of aryl methyl sites for hydroxylation is 2. The molecule has 0 saturated carbocycles. The number of benzene rings is 1. The third-order valence-corrected chi connectivity index (χ3v) is 4.92. The molecule has 0 aliphatic carbocycles. The zero-order chi connectivity index (χ0) is 19.2. The van der Waals surface area contributed by atoms with Crippen LogP contribution in [0.1, 0.15) is 35.4 Å². The summed E-state index contributed by atoms with van der Waals surface area (Å²) in [7, 11) is 0. The summed E-state index contributed by atoms with van der Waals surface area (Å²) in [4.78, 5) is 12.2. The number of nitrogens with zero attached hydrogens (tertiary/aromatic N) is 4. The van der Waals surface area contributed by atoms with Crippen molar-refractivity contribution >= 4 is 5.91 Å². The van der Waals surface area contributed by atoms with E-state index in [2.05, 4.69) is 43.7 Å². The fourth-order valence-electron chi connectivity index (χ4n) is 3.43. The zero-order valence-corrected chi connectivity index (χ0v) is 16.0. The van der Waals surface area contributed by atoms with Crippen molar-refractivity contribution in [1.82, 2.24) is 30.2 Å². The second-order valence-electron chi connectivity index (χ2n) is 7.19. The fourth-order valence-corrected chi connectivity index (χ4v) is 3.43. The Labute approximate surface area is 164 Å². The van der Waals surface area contributed by atoms with Crippen LogP contribution >= 0.6 is 0 Å². The van der Waals surface area contributed by atoms with Crippen molar-refractivity contribution in [2.24, 2.45) is 0 Å². The van der Waals surface area contributed by atoms with Crippen LogP contribution in [0, 0.1) is 0 Å². The summed E-state index contributed by atoms with van der Waals surface area (Å²) in [6, 6.07) is 12.3.